The number of carbonyl (C=O) groups is 1. The van der Waals surface area contributed by atoms with Crippen LogP contribution in [0.5, 0.6) is 0 Å². The first-order valence-corrected chi connectivity index (χ1v) is 12.3. The van der Waals surface area contributed by atoms with E-state index in [1.165, 1.54) is 0 Å². The van der Waals surface area contributed by atoms with Gasteiger partial charge in [0.1, 0.15) is 0 Å². The minimum Gasteiger partial charge on any atom is -0.462 e. The smallest absolute Gasteiger partial charge is 0.462 e. The van der Waals surface area contributed by atoms with E-state index in [4.69, 9.17) is 27.5 Å². The highest BCUT2D eigenvalue weighted by Gasteiger charge is 2.48. The van der Waals surface area contributed by atoms with Gasteiger partial charge in [-0.05, 0) is 13.3 Å². The van der Waals surface area contributed by atoms with E-state index < -0.39 is 14.8 Å². The third-order valence-corrected chi connectivity index (χ3v) is 7.63. The summed E-state index contributed by atoms with van der Waals surface area (Å²) in [6.07, 6.45) is 3.69. The molecule has 0 spiro atoms. The average molecular weight is 442 g/mol. The molecule has 0 aromatic carbocycles. The van der Waals surface area contributed by atoms with Crippen LogP contribution in [0.25, 0.3) is 0 Å². The van der Waals surface area contributed by atoms with E-state index in [9.17, 15) is 4.79 Å². The number of fused-ring (bicyclic) bond motifs is 6. The molecule has 2 bridgehead atoms. The third-order valence-electron chi connectivity index (χ3n) is 4.63. The maximum absolute atomic E-state index is 11.6. The molecule has 0 radical (unpaired) electrons. The molecule has 30 heavy (non-hydrogen) atoms. The minimum atomic E-state index is -3.03. The fourth-order valence-corrected chi connectivity index (χ4v) is 6.20. The predicted octanol–water partition coefficient (Wildman–Crippen LogP) is 1.96. The lowest BCUT2D eigenvalue weighted by atomic mass is 10.3. The van der Waals surface area contributed by atoms with Crippen molar-refractivity contribution in [2.75, 3.05) is 59.3 Å². The summed E-state index contributed by atoms with van der Waals surface area (Å²) in [6.45, 7) is 17.5. The number of nitrogens with zero attached hydrogens (tertiary/aromatic N) is 1. The van der Waals surface area contributed by atoms with E-state index in [2.05, 4.69) is 24.6 Å². The summed E-state index contributed by atoms with van der Waals surface area (Å²) in [6, 6.07) is 0.548. The van der Waals surface area contributed by atoms with Crippen LogP contribution in [0.2, 0.25) is 6.04 Å². The largest absolute Gasteiger partial charge is 0.501 e. The Labute approximate surface area is 180 Å². The highest BCUT2D eigenvalue weighted by Crippen LogP contribution is 2.27. The molecule has 0 aromatic rings. The van der Waals surface area contributed by atoms with Crippen LogP contribution in [0.3, 0.4) is 0 Å². The second kappa shape index (κ2) is 13.2. The molecule has 3 aliphatic heterocycles. The summed E-state index contributed by atoms with van der Waals surface area (Å²) in [5.74, 6) is -0.394. The standard InChI is InChI=1S/C21H35NO7Si/c1-5-9-24-16-19-14-22-8-12-27-30(28-19,13-7-11-26-21(23)18(3)4)29-20(15-22)17-25-10-6-2/h5-6,19-20H,1-3,7-17H2,4H3. The van der Waals surface area contributed by atoms with Crippen molar-refractivity contribution in [1.29, 1.82) is 0 Å². The van der Waals surface area contributed by atoms with Crippen LogP contribution in [0.4, 0.5) is 0 Å². The summed E-state index contributed by atoms with van der Waals surface area (Å²) in [7, 11) is -3.03. The molecule has 3 aliphatic rings. The molecule has 0 amide bonds. The Kier molecular flexibility index (Phi) is 10.9. The Morgan fingerprint density at radius 2 is 1.73 bits per heavy atom. The van der Waals surface area contributed by atoms with E-state index in [1.54, 1.807) is 19.1 Å². The summed E-state index contributed by atoms with van der Waals surface area (Å²) < 4.78 is 35.6. The Morgan fingerprint density at radius 3 is 2.27 bits per heavy atom. The number of esters is 1. The summed E-state index contributed by atoms with van der Waals surface area (Å²) in [5.41, 5.74) is 0.380. The molecule has 2 atom stereocenters. The van der Waals surface area contributed by atoms with Crippen molar-refractivity contribution in [3.63, 3.8) is 0 Å². The SMILES string of the molecule is C=CCOCC1CN2CCO[Si](CCCOC(=O)C(=C)C)(O1)OC(COCC=C)C2. The molecule has 3 saturated heterocycles. The van der Waals surface area contributed by atoms with Gasteiger partial charge >= 0.3 is 14.8 Å². The molecule has 9 heteroatoms. The Morgan fingerprint density at radius 1 is 1.13 bits per heavy atom. The van der Waals surface area contributed by atoms with Gasteiger partial charge in [-0.1, -0.05) is 18.7 Å². The highest BCUT2D eigenvalue weighted by atomic mass is 28.4. The van der Waals surface area contributed by atoms with Crippen LogP contribution in [0, 0.1) is 0 Å². The van der Waals surface area contributed by atoms with Gasteiger partial charge in [-0.3, -0.25) is 4.90 Å². The van der Waals surface area contributed by atoms with E-state index >= 15 is 0 Å². The molecule has 0 saturated carbocycles. The quantitative estimate of drug-likeness (QED) is 0.141. The molecule has 2 unspecified atom stereocenters. The maximum Gasteiger partial charge on any atom is 0.501 e. The monoisotopic (exact) mass is 441 g/mol. The lowest BCUT2D eigenvalue weighted by Crippen LogP contribution is -2.61. The van der Waals surface area contributed by atoms with Crippen molar-refractivity contribution in [3.8, 4) is 0 Å². The fourth-order valence-electron chi connectivity index (χ4n) is 3.35. The van der Waals surface area contributed by atoms with Crippen LogP contribution in [-0.4, -0.2) is 91.2 Å². The number of rotatable bonds is 13. The average Bonchev–Trinajstić information content (AvgIpc) is 2.67. The molecule has 3 rings (SSSR count). The van der Waals surface area contributed by atoms with Gasteiger partial charge in [-0.2, -0.15) is 0 Å². The lowest BCUT2D eigenvalue weighted by molar-refractivity contribution is -0.139. The number of ether oxygens (including phenoxy) is 3. The lowest BCUT2D eigenvalue weighted by Gasteiger charge is -2.44. The van der Waals surface area contributed by atoms with Crippen molar-refractivity contribution in [2.45, 2.75) is 31.6 Å². The fraction of sp³-hybridized carbons (Fsp3) is 0.667. The molecule has 0 aromatic heterocycles. The number of carbonyl (C=O) groups excluding carboxylic acids is 1. The highest BCUT2D eigenvalue weighted by molar-refractivity contribution is 6.60. The normalized spacial score (nSPS) is 28.8. The van der Waals surface area contributed by atoms with Gasteiger partial charge in [0.05, 0.1) is 51.8 Å². The first-order valence-electron chi connectivity index (χ1n) is 10.4. The third kappa shape index (κ3) is 8.42. The second-order valence-electron chi connectivity index (χ2n) is 7.44. The Hall–Kier alpha value is -1.33. The number of hydrogen-bond acceptors (Lipinski definition) is 8. The Bertz CT molecular complexity index is 560. The Balaban J connectivity index is 2.05. The molecule has 3 fully saturated rings. The van der Waals surface area contributed by atoms with Gasteiger partial charge in [0, 0.05) is 31.3 Å². The molecule has 3 heterocycles. The predicted molar refractivity (Wildman–Crippen MR) is 115 cm³/mol. The van der Waals surface area contributed by atoms with Crippen LogP contribution in [0.1, 0.15) is 13.3 Å². The van der Waals surface area contributed by atoms with Crippen molar-refractivity contribution < 1.29 is 32.3 Å². The van der Waals surface area contributed by atoms with Crippen molar-refractivity contribution >= 4 is 14.8 Å². The van der Waals surface area contributed by atoms with Gasteiger partial charge in [0.15, 0.2) is 0 Å². The van der Waals surface area contributed by atoms with Crippen LogP contribution in [0.15, 0.2) is 37.5 Å². The van der Waals surface area contributed by atoms with Gasteiger partial charge in [-0.15, -0.1) is 13.2 Å². The molecular weight excluding hydrogens is 406 g/mol. The van der Waals surface area contributed by atoms with Crippen LogP contribution >= 0.6 is 0 Å². The van der Waals surface area contributed by atoms with E-state index in [-0.39, 0.29) is 18.8 Å². The van der Waals surface area contributed by atoms with Crippen molar-refractivity contribution in [3.05, 3.63) is 37.5 Å². The second-order valence-corrected chi connectivity index (χ2v) is 10.1. The zero-order chi connectivity index (χ0) is 21.8. The first kappa shape index (κ1) is 24.9. The molecule has 170 valence electrons. The minimum absolute atomic E-state index is 0.162. The molecule has 0 aliphatic carbocycles. The van der Waals surface area contributed by atoms with Gasteiger partial charge in [0.2, 0.25) is 0 Å². The molecular formula is C21H35NO7Si. The maximum atomic E-state index is 11.6. The number of hydrogen-bond donors (Lipinski definition) is 0. The van der Waals surface area contributed by atoms with Gasteiger partial charge < -0.3 is 27.5 Å². The van der Waals surface area contributed by atoms with Gasteiger partial charge in [0.25, 0.3) is 0 Å². The van der Waals surface area contributed by atoms with Crippen molar-refractivity contribution in [2.24, 2.45) is 0 Å². The van der Waals surface area contributed by atoms with Crippen LogP contribution in [-0.2, 0) is 32.3 Å². The molecule has 8 nitrogen and oxygen atoms in total. The van der Waals surface area contributed by atoms with Crippen molar-refractivity contribution in [1.82, 2.24) is 4.90 Å². The van der Waals surface area contributed by atoms with E-state index in [1.807, 2.05) is 0 Å². The van der Waals surface area contributed by atoms with E-state index in [0.717, 1.165) is 19.6 Å². The zero-order valence-electron chi connectivity index (χ0n) is 18.0. The van der Waals surface area contributed by atoms with Crippen LogP contribution < -0.4 is 0 Å². The topological polar surface area (TPSA) is 75.7 Å². The van der Waals surface area contributed by atoms with Gasteiger partial charge in [-0.25, -0.2) is 4.79 Å². The summed E-state index contributed by atoms with van der Waals surface area (Å²) >= 11 is 0. The van der Waals surface area contributed by atoms with E-state index in [0.29, 0.717) is 51.1 Å². The summed E-state index contributed by atoms with van der Waals surface area (Å²) in [5, 5.41) is 0. The molecule has 0 N–H and O–H groups in total. The summed E-state index contributed by atoms with van der Waals surface area (Å²) in [4.78, 5) is 13.9. The zero-order valence-corrected chi connectivity index (χ0v) is 19.0. The first-order chi connectivity index (χ1) is 14.5.